The molecule has 4 rings (SSSR count). The van der Waals surface area contributed by atoms with Crippen LogP contribution in [0.2, 0.25) is 6.04 Å². The van der Waals surface area contributed by atoms with Crippen LogP contribution in [0.1, 0.15) is 55.9 Å². The first-order chi connectivity index (χ1) is 19.5. The Labute approximate surface area is 239 Å². The summed E-state index contributed by atoms with van der Waals surface area (Å²) in [7, 11) is -2.68. The van der Waals surface area contributed by atoms with Crippen LogP contribution < -0.4 is 10.1 Å². The van der Waals surface area contributed by atoms with Crippen LogP contribution in [0.3, 0.4) is 0 Å². The molecule has 1 amide bonds. The SMILES string of the molecule is CCO[Si](CCCNC(=O)CCc1ccc2c(c1)C=CC(c1ccccc1)(c1ccccc1)O2)(OCC)OCC. The zero-order chi connectivity index (χ0) is 28.3. The molecule has 0 fully saturated rings. The van der Waals surface area contributed by atoms with E-state index in [0.717, 1.165) is 34.4 Å². The molecule has 3 aromatic rings. The van der Waals surface area contributed by atoms with Gasteiger partial charge in [0, 0.05) is 55.5 Å². The molecule has 1 aliphatic heterocycles. The maximum atomic E-state index is 12.6. The van der Waals surface area contributed by atoms with Gasteiger partial charge >= 0.3 is 8.80 Å². The van der Waals surface area contributed by atoms with Crippen LogP contribution in [0, 0.1) is 0 Å². The number of benzene rings is 3. The van der Waals surface area contributed by atoms with E-state index in [1.807, 2.05) is 63.2 Å². The summed E-state index contributed by atoms with van der Waals surface area (Å²) in [6.45, 7) is 8.09. The molecule has 0 atom stereocenters. The number of carbonyl (C=O) groups is 1. The molecule has 3 aromatic carbocycles. The second kappa shape index (κ2) is 14.4. The summed E-state index contributed by atoms with van der Waals surface area (Å²) in [5.74, 6) is 0.863. The van der Waals surface area contributed by atoms with Gasteiger partial charge in [-0.15, -0.1) is 0 Å². The van der Waals surface area contributed by atoms with Crippen LogP contribution in [-0.2, 0) is 30.1 Å². The normalized spacial score (nSPS) is 13.9. The highest BCUT2D eigenvalue weighted by molar-refractivity contribution is 6.60. The van der Waals surface area contributed by atoms with E-state index >= 15 is 0 Å². The zero-order valence-electron chi connectivity index (χ0n) is 23.9. The molecule has 0 bridgehead atoms. The third-order valence-corrected chi connectivity index (χ3v) is 10.1. The molecule has 1 aliphatic rings. The van der Waals surface area contributed by atoms with Crippen molar-refractivity contribution in [2.24, 2.45) is 0 Å². The summed E-state index contributed by atoms with van der Waals surface area (Å²) in [5.41, 5.74) is 3.58. The predicted octanol–water partition coefficient (Wildman–Crippen LogP) is 6.52. The molecule has 212 valence electrons. The Hall–Kier alpha value is -3.23. The fraction of sp³-hybridized carbons (Fsp3) is 0.364. The van der Waals surface area contributed by atoms with Crippen molar-refractivity contribution in [2.45, 2.75) is 51.7 Å². The lowest BCUT2D eigenvalue weighted by atomic mass is 9.83. The summed E-state index contributed by atoms with van der Waals surface area (Å²) < 4.78 is 24.4. The molecule has 0 unspecified atom stereocenters. The lowest BCUT2D eigenvalue weighted by Crippen LogP contribution is -2.46. The third-order valence-electron chi connectivity index (χ3n) is 6.96. The van der Waals surface area contributed by atoms with Gasteiger partial charge in [0.15, 0.2) is 5.60 Å². The first-order valence-electron chi connectivity index (χ1n) is 14.3. The van der Waals surface area contributed by atoms with E-state index < -0.39 is 14.4 Å². The molecule has 0 aliphatic carbocycles. The summed E-state index contributed by atoms with van der Waals surface area (Å²) in [4.78, 5) is 12.6. The standard InChI is InChI=1S/C33H41NO5Si/c1-4-36-40(37-5-2,38-6-3)25-13-24-34-32(35)21-19-27-18-20-31-28(26-27)22-23-33(39-31,29-14-9-7-10-15-29)30-16-11-8-12-17-30/h7-12,14-18,20,22-23,26H,4-6,13,19,21,24-25H2,1-3H3,(H,34,35). The highest BCUT2D eigenvalue weighted by Gasteiger charge is 2.39. The topological polar surface area (TPSA) is 66.0 Å². The lowest BCUT2D eigenvalue weighted by molar-refractivity contribution is -0.121. The monoisotopic (exact) mass is 559 g/mol. The van der Waals surface area contributed by atoms with Crippen molar-refractivity contribution in [1.29, 1.82) is 0 Å². The molecule has 0 radical (unpaired) electrons. The molecule has 1 heterocycles. The average molecular weight is 560 g/mol. The molecule has 0 aromatic heterocycles. The molecule has 40 heavy (non-hydrogen) atoms. The first kappa shape index (κ1) is 29.7. The van der Waals surface area contributed by atoms with E-state index in [9.17, 15) is 4.79 Å². The Morgan fingerprint density at radius 2 is 1.45 bits per heavy atom. The predicted molar refractivity (Wildman–Crippen MR) is 161 cm³/mol. The minimum atomic E-state index is -2.68. The van der Waals surface area contributed by atoms with Gasteiger partial charge in [0.25, 0.3) is 0 Å². The van der Waals surface area contributed by atoms with Gasteiger partial charge in [-0.2, -0.15) is 0 Å². The van der Waals surface area contributed by atoms with Crippen molar-refractivity contribution >= 4 is 20.8 Å². The van der Waals surface area contributed by atoms with Gasteiger partial charge in [-0.05, 0) is 57.4 Å². The summed E-state index contributed by atoms with van der Waals surface area (Å²) in [5, 5.41) is 3.04. The van der Waals surface area contributed by atoms with E-state index in [1.54, 1.807) is 0 Å². The molecule has 0 saturated heterocycles. The fourth-order valence-electron chi connectivity index (χ4n) is 5.12. The second-order valence-corrected chi connectivity index (χ2v) is 12.4. The van der Waals surface area contributed by atoms with Gasteiger partial charge in [-0.25, -0.2) is 0 Å². The Morgan fingerprint density at radius 1 is 0.850 bits per heavy atom. The van der Waals surface area contributed by atoms with Gasteiger partial charge in [0.05, 0.1) is 0 Å². The van der Waals surface area contributed by atoms with Crippen molar-refractivity contribution in [3.05, 3.63) is 107 Å². The van der Waals surface area contributed by atoms with Gasteiger partial charge in [-0.3, -0.25) is 4.79 Å². The number of ether oxygens (including phenoxy) is 1. The summed E-state index contributed by atoms with van der Waals surface area (Å²) in [6, 6.07) is 27.5. The van der Waals surface area contributed by atoms with Crippen molar-refractivity contribution in [3.63, 3.8) is 0 Å². The number of hydrogen-bond acceptors (Lipinski definition) is 5. The second-order valence-electron chi connectivity index (χ2n) is 9.71. The van der Waals surface area contributed by atoms with Gasteiger partial charge in [0.2, 0.25) is 5.91 Å². The quantitative estimate of drug-likeness (QED) is 0.170. The third kappa shape index (κ3) is 7.28. The minimum absolute atomic E-state index is 0.0354. The number of amides is 1. The van der Waals surface area contributed by atoms with Crippen molar-refractivity contribution in [3.8, 4) is 5.75 Å². The molecule has 7 heteroatoms. The summed E-state index contributed by atoms with van der Waals surface area (Å²) in [6.07, 6.45) is 6.10. The van der Waals surface area contributed by atoms with Crippen molar-refractivity contribution < 1.29 is 22.8 Å². The van der Waals surface area contributed by atoms with E-state index in [4.69, 9.17) is 18.0 Å². The molecule has 0 saturated carbocycles. The van der Waals surface area contributed by atoms with Crippen molar-refractivity contribution in [1.82, 2.24) is 5.32 Å². The number of aryl methyl sites for hydroxylation is 1. The molecule has 0 spiro atoms. The Balaban J connectivity index is 1.34. The zero-order valence-corrected chi connectivity index (χ0v) is 24.9. The van der Waals surface area contributed by atoms with Gasteiger partial charge in [0.1, 0.15) is 5.75 Å². The Morgan fingerprint density at radius 3 is 2.02 bits per heavy atom. The molecule has 1 N–H and O–H groups in total. The highest BCUT2D eigenvalue weighted by Crippen LogP contribution is 2.42. The molecule has 6 nitrogen and oxygen atoms in total. The van der Waals surface area contributed by atoms with Crippen LogP contribution >= 0.6 is 0 Å². The molecular formula is C33H41NO5Si. The van der Waals surface area contributed by atoms with Gasteiger partial charge in [-0.1, -0.05) is 72.8 Å². The summed E-state index contributed by atoms with van der Waals surface area (Å²) >= 11 is 0. The first-order valence-corrected chi connectivity index (χ1v) is 16.3. The Kier molecular flexibility index (Phi) is 10.7. The highest BCUT2D eigenvalue weighted by atomic mass is 28.4. The molecular weight excluding hydrogens is 518 g/mol. The van der Waals surface area contributed by atoms with E-state index in [0.29, 0.717) is 45.3 Å². The van der Waals surface area contributed by atoms with Crippen LogP contribution in [0.15, 0.2) is 84.9 Å². The number of rotatable bonds is 15. The van der Waals surface area contributed by atoms with Gasteiger partial charge < -0.3 is 23.3 Å². The number of nitrogens with one attached hydrogen (secondary N) is 1. The smallest absolute Gasteiger partial charge is 0.473 e. The fourth-order valence-corrected chi connectivity index (χ4v) is 7.73. The largest absolute Gasteiger partial charge is 0.500 e. The maximum Gasteiger partial charge on any atom is 0.500 e. The van der Waals surface area contributed by atoms with E-state index in [-0.39, 0.29) is 5.91 Å². The van der Waals surface area contributed by atoms with E-state index in [1.165, 1.54) is 0 Å². The maximum absolute atomic E-state index is 12.6. The van der Waals surface area contributed by atoms with Crippen LogP contribution in [0.5, 0.6) is 5.75 Å². The Bertz CT molecular complexity index is 1190. The van der Waals surface area contributed by atoms with Crippen LogP contribution in [-0.4, -0.2) is 41.1 Å². The number of hydrogen-bond donors (Lipinski definition) is 1. The minimum Gasteiger partial charge on any atom is -0.473 e. The number of fused-ring (bicyclic) bond motifs is 1. The van der Waals surface area contributed by atoms with Crippen LogP contribution in [0.4, 0.5) is 0 Å². The van der Waals surface area contributed by atoms with Crippen LogP contribution in [0.25, 0.3) is 6.08 Å². The number of carbonyl (C=O) groups excluding carboxylic acids is 1. The van der Waals surface area contributed by atoms with E-state index in [2.05, 4.69) is 53.9 Å². The van der Waals surface area contributed by atoms with Crippen molar-refractivity contribution in [2.75, 3.05) is 26.4 Å². The average Bonchev–Trinajstić information content (AvgIpc) is 2.99. The lowest BCUT2D eigenvalue weighted by Gasteiger charge is -2.36.